The molecular weight excluding hydrogens is 208 g/mol. The minimum Gasteiger partial charge on any atom is -0.271 e. The van der Waals surface area contributed by atoms with E-state index in [0.29, 0.717) is 0 Å². The lowest BCUT2D eigenvalue weighted by Gasteiger charge is -1.92. The molecule has 0 saturated carbocycles. The van der Waals surface area contributed by atoms with Crippen LogP contribution in [-0.4, -0.2) is 18.0 Å². The van der Waals surface area contributed by atoms with E-state index in [-0.39, 0.29) is 6.04 Å². The van der Waals surface area contributed by atoms with Crippen molar-refractivity contribution in [1.82, 2.24) is 0 Å². The molecule has 0 fully saturated rings. The Morgan fingerprint density at radius 2 is 1.53 bits per heavy atom. The van der Waals surface area contributed by atoms with Crippen molar-refractivity contribution in [2.45, 2.75) is 6.04 Å². The molecule has 0 saturated heterocycles. The summed E-state index contributed by atoms with van der Waals surface area (Å²) in [5.41, 5.74) is 3.30. The molecular formula is C15H12N2. The second kappa shape index (κ2) is 4.34. The highest BCUT2D eigenvalue weighted by molar-refractivity contribution is 6.22. The second-order valence-corrected chi connectivity index (χ2v) is 3.94. The van der Waals surface area contributed by atoms with Crippen molar-refractivity contribution in [1.29, 1.82) is 0 Å². The Kier molecular flexibility index (Phi) is 2.54. The van der Waals surface area contributed by atoms with E-state index in [4.69, 9.17) is 0 Å². The standard InChI is InChI=1S/C15H12N2/c1-3-7-12(8-4-1)15-14(17-15)11-16-13-9-5-2-6-10-13/h1-11,14H. The summed E-state index contributed by atoms with van der Waals surface area (Å²) >= 11 is 0. The highest BCUT2D eigenvalue weighted by Crippen LogP contribution is 2.19. The fourth-order valence-electron chi connectivity index (χ4n) is 1.74. The van der Waals surface area contributed by atoms with Gasteiger partial charge in [0, 0.05) is 6.21 Å². The lowest BCUT2D eigenvalue weighted by atomic mass is 10.1. The molecule has 82 valence electrons. The minimum absolute atomic E-state index is 0.164. The maximum absolute atomic E-state index is 4.41. The lowest BCUT2D eigenvalue weighted by Crippen LogP contribution is -1.99. The van der Waals surface area contributed by atoms with Gasteiger partial charge in [-0.1, -0.05) is 48.5 Å². The Morgan fingerprint density at radius 1 is 0.882 bits per heavy atom. The summed E-state index contributed by atoms with van der Waals surface area (Å²) in [5.74, 6) is 0. The number of rotatable bonds is 3. The molecule has 0 aromatic heterocycles. The van der Waals surface area contributed by atoms with Crippen LogP contribution in [-0.2, 0) is 0 Å². The van der Waals surface area contributed by atoms with Crippen LogP contribution in [0, 0.1) is 0 Å². The average molecular weight is 220 g/mol. The molecule has 1 aliphatic heterocycles. The second-order valence-electron chi connectivity index (χ2n) is 3.94. The van der Waals surface area contributed by atoms with Crippen molar-refractivity contribution in [3.05, 3.63) is 66.2 Å². The molecule has 1 heterocycles. The molecule has 1 aliphatic rings. The molecule has 0 aliphatic carbocycles. The SMILES string of the molecule is C(=Nc1ccccc1)C1N=C1c1ccccc1. The summed E-state index contributed by atoms with van der Waals surface area (Å²) < 4.78 is 0. The van der Waals surface area contributed by atoms with Crippen LogP contribution in [0.25, 0.3) is 0 Å². The first kappa shape index (κ1) is 9.97. The third-order valence-electron chi connectivity index (χ3n) is 2.68. The molecule has 2 heteroatoms. The van der Waals surface area contributed by atoms with Gasteiger partial charge in [-0.25, -0.2) is 0 Å². The van der Waals surface area contributed by atoms with Crippen LogP contribution < -0.4 is 0 Å². The van der Waals surface area contributed by atoms with Crippen LogP contribution in [0.5, 0.6) is 0 Å². The predicted octanol–water partition coefficient (Wildman–Crippen LogP) is 3.26. The van der Waals surface area contributed by atoms with Crippen molar-refractivity contribution in [3.63, 3.8) is 0 Å². The smallest absolute Gasteiger partial charge is 0.128 e. The van der Waals surface area contributed by atoms with Crippen molar-refractivity contribution in [2.75, 3.05) is 0 Å². The lowest BCUT2D eigenvalue weighted by molar-refractivity contribution is 1.37. The van der Waals surface area contributed by atoms with E-state index in [0.717, 1.165) is 11.4 Å². The number of aliphatic imine (C=N–C) groups is 2. The molecule has 0 spiro atoms. The Labute approximate surface area is 100 Å². The summed E-state index contributed by atoms with van der Waals surface area (Å²) in [6, 6.07) is 20.3. The van der Waals surface area contributed by atoms with E-state index in [2.05, 4.69) is 22.1 Å². The van der Waals surface area contributed by atoms with Crippen molar-refractivity contribution < 1.29 is 0 Å². The van der Waals surface area contributed by atoms with Gasteiger partial charge in [-0.2, -0.15) is 0 Å². The van der Waals surface area contributed by atoms with Gasteiger partial charge in [0.15, 0.2) is 0 Å². The third-order valence-corrected chi connectivity index (χ3v) is 2.68. The van der Waals surface area contributed by atoms with Crippen LogP contribution in [0.3, 0.4) is 0 Å². The molecule has 2 aromatic carbocycles. The summed E-state index contributed by atoms with van der Waals surface area (Å²) in [7, 11) is 0. The molecule has 1 unspecified atom stereocenters. The first-order valence-corrected chi connectivity index (χ1v) is 5.66. The monoisotopic (exact) mass is 220 g/mol. The van der Waals surface area contributed by atoms with Gasteiger partial charge in [-0.15, -0.1) is 0 Å². The Hall–Kier alpha value is -2.22. The molecule has 0 radical (unpaired) electrons. The number of hydrogen-bond donors (Lipinski definition) is 0. The van der Waals surface area contributed by atoms with Gasteiger partial charge in [0.25, 0.3) is 0 Å². The maximum atomic E-state index is 4.41. The van der Waals surface area contributed by atoms with E-state index in [1.54, 1.807) is 0 Å². The number of nitrogens with zero attached hydrogens (tertiary/aromatic N) is 2. The molecule has 2 nitrogen and oxygen atoms in total. The fourth-order valence-corrected chi connectivity index (χ4v) is 1.74. The van der Waals surface area contributed by atoms with E-state index in [1.165, 1.54) is 5.56 Å². The zero-order chi connectivity index (χ0) is 11.5. The van der Waals surface area contributed by atoms with Gasteiger partial charge in [-0.05, 0) is 17.7 Å². The van der Waals surface area contributed by atoms with Gasteiger partial charge in [0.05, 0.1) is 11.4 Å². The highest BCUT2D eigenvalue weighted by atomic mass is 15.0. The summed E-state index contributed by atoms with van der Waals surface area (Å²) in [4.78, 5) is 8.81. The largest absolute Gasteiger partial charge is 0.271 e. The summed E-state index contributed by atoms with van der Waals surface area (Å²) in [6.07, 6.45) is 1.90. The molecule has 0 N–H and O–H groups in total. The normalized spacial score (nSPS) is 18.1. The average Bonchev–Trinajstić information content (AvgIpc) is 3.18. The van der Waals surface area contributed by atoms with Crippen LogP contribution in [0.2, 0.25) is 0 Å². The molecule has 2 aromatic rings. The van der Waals surface area contributed by atoms with Gasteiger partial charge >= 0.3 is 0 Å². The van der Waals surface area contributed by atoms with Gasteiger partial charge in [0.1, 0.15) is 6.04 Å². The van der Waals surface area contributed by atoms with E-state index in [1.807, 2.05) is 54.7 Å². The predicted molar refractivity (Wildman–Crippen MR) is 71.4 cm³/mol. The van der Waals surface area contributed by atoms with Crippen LogP contribution in [0.1, 0.15) is 5.56 Å². The zero-order valence-electron chi connectivity index (χ0n) is 9.32. The van der Waals surface area contributed by atoms with E-state index < -0.39 is 0 Å². The summed E-state index contributed by atoms with van der Waals surface area (Å²) in [6.45, 7) is 0. The molecule has 1 atom stereocenters. The minimum atomic E-state index is 0.164. The Balaban J connectivity index is 1.66. The van der Waals surface area contributed by atoms with Gasteiger partial charge in [-0.3, -0.25) is 9.98 Å². The topological polar surface area (TPSA) is 24.7 Å². The van der Waals surface area contributed by atoms with E-state index >= 15 is 0 Å². The quantitative estimate of drug-likeness (QED) is 0.709. The first-order chi connectivity index (χ1) is 8.43. The van der Waals surface area contributed by atoms with Crippen LogP contribution in [0.4, 0.5) is 5.69 Å². The molecule has 0 bridgehead atoms. The van der Waals surface area contributed by atoms with Crippen molar-refractivity contribution in [2.24, 2.45) is 9.98 Å². The fraction of sp³-hybridized carbons (Fsp3) is 0.0667. The number of para-hydroxylation sites is 1. The Morgan fingerprint density at radius 3 is 2.24 bits per heavy atom. The highest BCUT2D eigenvalue weighted by Gasteiger charge is 2.26. The summed E-state index contributed by atoms with van der Waals surface area (Å²) in [5, 5.41) is 0. The molecule has 3 rings (SSSR count). The first-order valence-electron chi connectivity index (χ1n) is 5.66. The van der Waals surface area contributed by atoms with Crippen molar-refractivity contribution >= 4 is 17.6 Å². The zero-order valence-corrected chi connectivity index (χ0v) is 9.32. The molecule has 17 heavy (non-hydrogen) atoms. The van der Waals surface area contributed by atoms with Gasteiger partial charge < -0.3 is 0 Å². The van der Waals surface area contributed by atoms with E-state index in [9.17, 15) is 0 Å². The maximum Gasteiger partial charge on any atom is 0.128 e. The third kappa shape index (κ3) is 2.31. The Bertz CT molecular complexity index is 556. The molecule has 0 amide bonds. The van der Waals surface area contributed by atoms with Crippen LogP contribution >= 0.6 is 0 Å². The van der Waals surface area contributed by atoms with Crippen molar-refractivity contribution in [3.8, 4) is 0 Å². The number of benzene rings is 2. The van der Waals surface area contributed by atoms with Crippen LogP contribution in [0.15, 0.2) is 70.6 Å². The number of hydrogen-bond acceptors (Lipinski definition) is 2. The van der Waals surface area contributed by atoms with Gasteiger partial charge in [0.2, 0.25) is 0 Å².